The molecule has 2 saturated carbocycles. The molecule has 0 amide bonds. The molecule has 0 aromatic carbocycles. The van der Waals surface area contributed by atoms with Gasteiger partial charge in [-0.2, -0.15) is 5.26 Å². The van der Waals surface area contributed by atoms with Gasteiger partial charge in [0.15, 0.2) is 0 Å². The van der Waals surface area contributed by atoms with Crippen LogP contribution in [0, 0.1) is 23.2 Å². The van der Waals surface area contributed by atoms with E-state index in [1.807, 2.05) is 12.1 Å². The number of nitrogens with zero attached hydrogens (tertiary/aromatic N) is 2. The Kier molecular flexibility index (Phi) is 1.90. The van der Waals surface area contributed by atoms with Crippen LogP contribution in [0.5, 0.6) is 0 Å². The lowest BCUT2D eigenvalue weighted by molar-refractivity contribution is 0.592. The molecule has 2 aliphatic rings. The number of aromatic nitrogens is 1. The van der Waals surface area contributed by atoms with Crippen molar-refractivity contribution in [1.29, 1.82) is 5.26 Å². The van der Waals surface area contributed by atoms with Gasteiger partial charge in [0.25, 0.3) is 0 Å². The number of hydrogen-bond donors (Lipinski definition) is 0. The van der Waals surface area contributed by atoms with Crippen LogP contribution in [0.3, 0.4) is 0 Å². The van der Waals surface area contributed by atoms with E-state index in [1.165, 1.54) is 19.3 Å². The van der Waals surface area contributed by atoms with Crippen LogP contribution in [0.2, 0.25) is 0 Å². The van der Waals surface area contributed by atoms with Crippen LogP contribution in [-0.2, 0) is 5.41 Å². The van der Waals surface area contributed by atoms with E-state index in [0.29, 0.717) is 11.8 Å². The number of nitriles is 1. The van der Waals surface area contributed by atoms with Crippen molar-refractivity contribution < 1.29 is 0 Å². The Morgan fingerprint density at radius 3 is 2.80 bits per heavy atom. The van der Waals surface area contributed by atoms with Crippen molar-refractivity contribution >= 4 is 15.9 Å². The minimum Gasteiger partial charge on any atom is -0.260 e. The molecule has 1 aromatic rings. The molecule has 3 rings (SSSR count). The highest BCUT2D eigenvalue weighted by atomic mass is 79.9. The maximum atomic E-state index is 9.40. The summed E-state index contributed by atoms with van der Waals surface area (Å²) in [5.74, 6) is 1.15. The molecule has 0 radical (unpaired) electrons. The van der Waals surface area contributed by atoms with Crippen LogP contribution >= 0.6 is 15.9 Å². The van der Waals surface area contributed by atoms with Crippen molar-refractivity contribution in [3.63, 3.8) is 0 Å². The molecule has 3 heteroatoms. The fourth-order valence-corrected chi connectivity index (χ4v) is 3.52. The molecule has 3 atom stereocenters. The van der Waals surface area contributed by atoms with Gasteiger partial charge in [-0.25, -0.2) is 0 Å². The molecule has 2 aliphatic carbocycles. The lowest BCUT2D eigenvalue weighted by Crippen LogP contribution is -2.13. The molecule has 0 aliphatic heterocycles. The van der Waals surface area contributed by atoms with Gasteiger partial charge < -0.3 is 0 Å². The second-order valence-electron chi connectivity index (χ2n) is 4.48. The van der Waals surface area contributed by atoms with Crippen molar-refractivity contribution in [2.75, 3.05) is 0 Å². The third-order valence-corrected chi connectivity index (χ3v) is 4.40. The predicted octanol–water partition coefficient (Wildman–Crippen LogP) is 3.04. The van der Waals surface area contributed by atoms with Gasteiger partial charge in [-0.05, 0) is 36.8 Å². The number of rotatable bonds is 1. The van der Waals surface area contributed by atoms with Gasteiger partial charge in [-0.15, -0.1) is 0 Å². The van der Waals surface area contributed by atoms with Crippen molar-refractivity contribution in [3.8, 4) is 6.07 Å². The second-order valence-corrected chi connectivity index (χ2v) is 5.40. The molecule has 1 heterocycles. The molecule has 76 valence electrons. The van der Waals surface area contributed by atoms with E-state index in [2.05, 4.69) is 27.0 Å². The van der Waals surface area contributed by atoms with Crippen LogP contribution in [-0.4, -0.2) is 4.98 Å². The Bertz CT molecular complexity index is 439. The third-order valence-electron chi connectivity index (χ3n) is 3.91. The van der Waals surface area contributed by atoms with Crippen LogP contribution in [0.4, 0.5) is 0 Å². The minimum absolute atomic E-state index is 0.248. The van der Waals surface area contributed by atoms with Crippen LogP contribution < -0.4 is 0 Å². The molecular weight excluding hydrogens is 252 g/mol. The molecule has 0 spiro atoms. The Morgan fingerprint density at radius 2 is 2.20 bits per heavy atom. The average Bonchev–Trinajstić information content (AvgIpc) is 2.62. The molecule has 0 saturated heterocycles. The number of fused-ring (bicyclic) bond motifs is 1. The first-order valence-corrected chi connectivity index (χ1v) is 6.11. The zero-order valence-electron chi connectivity index (χ0n) is 8.28. The molecule has 1 aromatic heterocycles. The third kappa shape index (κ3) is 1.12. The average molecular weight is 263 g/mol. The summed E-state index contributed by atoms with van der Waals surface area (Å²) >= 11 is 3.44. The molecule has 1 unspecified atom stereocenters. The Morgan fingerprint density at radius 1 is 1.47 bits per heavy atom. The smallest absolute Gasteiger partial charge is 0.106 e. The Labute approximate surface area is 97.5 Å². The zero-order valence-corrected chi connectivity index (χ0v) is 9.87. The molecule has 0 N–H and O–H groups in total. The van der Waals surface area contributed by atoms with Crippen LogP contribution in [0.1, 0.15) is 25.0 Å². The van der Waals surface area contributed by atoms with Gasteiger partial charge in [-0.3, -0.25) is 4.98 Å². The lowest BCUT2D eigenvalue weighted by Gasteiger charge is -2.11. The Balaban J connectivity index is 2.04. The van der Waals surface area contributed by atoms with E-state index in [4.69, 9.17) is 0 Å². The monoisotopic (exact) mass is 262 g/mol. The Hall–Kier alpha value is -0.880. The largest absolute Gasteiger partial charge is 0.260 e. The maximum Gasteiger partial charge on any atom is 0.106 e. The van der Waals surface area contributed by atoms with E-state index in [1.54, 1.807) is 6.20 Å². The van der Waals surface area contributed by atoms with E-state index in [-0.39, 0.29) is 5.41 Å². The van der Waals surface area contributed by atoms with Crippen molar-refractivity contribution in [2.45, 2.75) is 24.7 Å². The fourth-order valence-electron chi connectivity index (χ4n) is 3.19. The fraction of sp³-hybridized carbons (Fsp3) is 0.500. The highest BCUT2D eigenvalue weighted by Crippen LogP contribution is 2.67. The minimum atomic E-state index is -0.248. The molecule has 15 heavy (non-hydrogen) atoms. The second kappa shape index (κ2) is 3.05. The SMILES string of the molecule is N#CC1(c2cc(Br)ccn2)[C@@H]2CCC[C@@H]21. The zero-order chi connectivity index (χ0) is 10.5. The van der Waals surface area contributed by atoms with Gasteiger partial charge in [0.2, 0.25) is 0 Å². The van der Waals surface area contributed by atoms with E-state index in [0.717, 1.165) is 10.2 Å². The van der Waals surface area contributed by atoms with E-state index < -0.39 is 0 Å². The summed E-state index contributed by atoms with van der Waals surface area (Å²) < 4.78 is 1.02. The molecule has 2 nitrogen and oxygen atoms in total. The molecule has 2 fully saturated rings. The topological polar surface area (TPSA) is 36.7 Å². The highest BCUT2D eigenvalue weighted by molar-refractivity contribution is 9.10. The summed E-state index contributed by atoms with van der Waals surface area (Å²) in [6.45, 7) is 0. The van der Waals surface area contributed by atoms with Gasteiger partial charge in [0.1, 0.15) is 5.41 Å². The highest BCUT2D eigenvalue weighted by Gasteiger charge is 2.68. The molecular formula is C12H11BrN2. The van der Waals surface area contributed by atoms with Gasteiger partial charge in [0, 0.05) is 10.7 Å². The summed E-state index contributed by atoms with van der Waals surface area (Å²) in [5.41, 5.74) is 0.719. The molecule has 0 bridgehead atoms. The normalized spacial score (nSPS) is 37.1. The summed E-state index contributed by atoms with van der Waals surface area (Å²) in [5, 5.41) is 9.40. The summed E-state index contributed by atoms with van der Waals surface area (Å²) in [7, 11) is 0. The predicted molar refractivity (Wildman–Crippen MR) is 60.1 cm³/mol. The lowest BCUT2D eigenvalue weighted by atomic mass is 9.93. The summed E-state index contributed by atoms with van der Waals surface area (Å²) in [4.78, 5) is 4.37. The summed E-state index contributed by atoms with van der Waals surface area (Å²) in [6, 6.07) is 6.43. The van der Waals surface area contributed by atoms with E-state index >= 15 is 0 Å². The number of halogens is 1. The number of pyridine rings is 1. The van der Waals surface area contributed by atoms with Gasteiger partial charge in [-0.1, -0.05) is 22.4 Å². The maximum absolute atomic E-state index is 9.40. The first kappa shape index (κ1) is 9.35. The van der Waals surface area contributed by atoms with Crippen LogP contribution in [0.25, 0.3) is 0 Å². The van der Waals surface area contributed by atoms with Crippen molar-refractivity contribution in [1.82, 2.24) is 4.98 Å². The van der Waals surface area contributed by atoms with Gasteiger partial charge in [0.05, 0.1) is 11.8 Å². The standard InChI is InChI=1S/C12H11BrN2/c13-8-4-5-15-11(6-8)12(7-14)9-2-1-3-10(9)12/h4-6,9-10H,1-3H2/t9-,10+,12?. The summed E-state index contributed by atoms with van der Waals surface area (Å²) in [6.07, 6.45) is 5.47. The first-order valence-electron chi connectivity index (χ1n) is 5.32. The number of hydrogen-bond acceptors (Lipinski definition) is 2. The van der Waals surface area contributed by atoms with Crippen molar-refractivity contribution in [3.05, 3.63) is 28.5 Å². The van der Waals surface area contributed by atoms with Gasteiger partial charge >= 0.3 is 0 Å². The van der Waals surface area contributed by atoms with Crippen LogP contribution in [0.15, 0.2) is 22.8 Å². The quantitative estimate of drug-likeness (QED) is 0.780. The van der Waals surface area contributed by atoms with E-state index in [9.17, 15) is 5.26 Å². The first-order chi connectivity index (χ1) is 7.29. The van der Waals surface area contributed by atoms with Crippen molar-refractivity contribution in [2.24, 2.45) is 11.8 Å².